The van der Waals surface area contributed by atoms with E-state index in [-0.39, 0.29) is 12.4 Å². The van der Waals surface area contributed by atoms with E-state index in [1.165, 1.54) is 38.1 Å². The number of rotatable bonds is 2. The molecule has 0 bridgehead atoms. The summed E-state index contributed by atoms with van der Waals surface area (Å²) in [6.07, 6.45) is 6.41. The van der Waals surface area contributed by atoms with Crippen molar-refractivity contribution in [3.8, 4) is 0 Å². The zero-order valence-corrected chi connectivity index (χ0v) is 8.77. The first kappa shape index (κ1) is 11.6. The van der Waals surface area contributed by atoms with E-state index in [0.717, 1.165) is 5.92 Å². The van der Waals surface area contributed by atoms with E-state index in [1.807, 2.05) is 11.8 Å². The van der Waals surface area contributed by atoms with Crippen LogP contribution < -0.4 is 5.32 Å². The molecule has 1 fully saturated rings. The zero-order chi connectivity index (χ0) is 7.23. The molecule has 0 aromatic heterocycles. The smallest absolute Gasteiger partial charge is 0.00414 e. The molecule has 0 aromatic rings. The molecule has 0 spiro atoms. The highest BCUT2D eigenvalue weighted by Gasteiger charge is 2.09. The van der Waals surface area contributed by atoms with Crippen molar-refractivity contribution in [2.24, 2.45) is 5.92 Å². The van der Waals surface area contributed by atoms with Gasteiger partial charge in [0, 0.05) is 0 Å². The third kappa shape index (κ3) is 4.94. The molecule has 3 heteroatoms. The summed E-state index contributed by atoms with van der Waals surface area (Å²) in [7, 11) is 0. The predicted molar refractivity (Wildman–Crippen MR) is 55.8 cm³/mol. The van der Waals surface area contributed by atoms with E-state index in [4.69, 9.17) is 0 Å². The van der Waals surface area contributed by atoms with Gasteiger partial charge in [0.05, 0.1) is 0 Å². The first-order valence-corrected chi connectivity index (χ1v) is 5.52. The molecule has 68 valence electrons. The van der Waals surface area contributed by atoms with Gasteiger partial charge < -0.3 is 5.32 Å². The molecule has 0 radical (unpaired) electrons. The summed E-state index contributed by atoms with van der Waals surface area (Å²) < 4.78 is 0. The Kier molecular flexibility index (Phi) is 7.66. The molecule has 1 saturated heterocycles. The van der Waals surface area contributed by atoms with E-state index in [9.17, 15) is 0 Å². The highest BCUT2D eigenvalue weighted by Crippen LogP contribution is 2.17. The summed E-state index contributed by atoms with van der Waals surface area (Å²) in [5, 5.41) is 3.43. The third-order valence-corrected chi connectivity index (χ3v) is 2.90. The van der Waals surface area contributed by atoms with Crippen molar-refractivity contribution >= 4 is 24.2 Å². The van der Waals surface area contributed by atoms with Crippen molar-refractivity contribution in [2.45, 2.75) is 19.3 Å². The Hall–Kier alpha value is 0.600. The Bertz CT molecular complexity index is 82.2. The van der Waals surface area contributed by atoms with Crippen molar-refractivity contribution < 1.29 is 0 Å². The summed E-state index contributed by atoms with van der Waals surface area (Å²) in [6.45, 7) is 2.48. The summed E-state index contributed by atoms with van der Waals surface area (Å²) in [6, 6.07) is 0. The van der Waals surface area contributed by atoms with Crippen molar-refractivity contribution in [3.63, 3.8) is 0 Å². The van der Waals surface area contributed by atoms with Gasteiger partial charge in [-0.2, -0.15) is 11.8 Å². The second kappa shape index (κ2) is 7.26. The summed E-state index contributed by atoms with van der Waals surface area (Å²) in [5.74, 6) is 2.35. The maximum absolute atomic E-state index is 3.43. The van der Waals surface area contributed by atoms with Crippen LogP contribution in [0.5, 0.6) is 0 Å². The van der Waals surface area contributed by atoms with Crippen LogP contribution in [0.2, 0.25) is 0 Å². The number of thioether (sulfide) groups is 1. The standard InChI is InChI=1S/C8H17NS.ClH/c1-10-7-8-3-2-5-9-6-4-8;/h8-9H,2-7H2,1H3;1H. The average molecular weight is 196 g/mol. The largest absolute Gasteiger partial charge is 0.317 e. The lowest BCUT2D eigenvalue weighted by atomic mass is 10.0. The molecule has 1 N–H and O–H groups in total. The van der Waals surface area contributed by atoms with E-state index < -0.39 is 0 Å². The Balaban J connectivity index is 0.000001000. The maximum Gasteiger partial charge on any atom is -0.00414 e. The van der Waals surface area contributed by atoms with Gasteiger partial charge in [0.2, 0.25) is 0 Å². The van der Waals surface area contributed by atoms with Crippen molar-refractivity contribution in [2.75, 3.05) is 25.1 Å². The van der Waals surface area contributed by atoms with Crippen molar-refractivity contribution in [1.29, 1.82) is 0 Å². The maximum atomic E-state index is 3.43. The number of halogens is 1. The molecule has 1 unspecified atom stereocenters. The fraction of sp³-hybridized carbons (Fsp3) is 1.00. The molecule has 1 nitrogen and oxygen atoms in total. The predicted octanol–water partition coefficient (Wildman–Crippen LogP) is 2.16. The quantitative estimate of drug-likeness (QED) is 0.725. The van der Waals surface area contributed by atoms with Crippen LogP contribution in [0.3, 0.4) is 0 Å². The SMILES string of the molecule is CSCC1CCCNCC1.Cl. The number of hydrogen-bond donors (Lipinski definition) is 1. The molecule has 0 saturated carbocycles. The summed E-state index contributed by atoms with van der Waals surface area (Å²) in [4.78, 5) is 0. The van der Waals surface area contributed by atoms with Crippen LogP contribution in [-0.2, 0) is 0 Å². The topological polar surface area (TPSA) is 12.0 Å². The minimum Gasteiger partial charge on any atom is -0.317 e. The number of nitrogens with one attached hydrogen (secondary N) is 1. The van der Waals surface area contributed by atoms with Gasteiger partial charge in [0.1, 0.15) is 0 Å². The Morgan fingerprint density at radius 1 is 1.36 bits per heavy atom. The number of hydrogen-bond acceptors (Lipinski definition) is 2. The van der Waals surface area contributed by atoms with Crippen LogP contribution in [0.25, 0.3) is 0 Å². The van der Waals surface area contributed by atoms with Crippen LogP contribution in [0.4, 0.5) is 0 Å². The Morgan fingerprint density at radius 2 is 2.18 bits per heavy atom. The minimum absolute atomic E-state index is 0. The second-order valence-corrected chi connectivity index (χ2v) is 3.91. The summed E-state index contributed by atoms with van der Waals surface area (Å²) >= 11 is 1.99. The molecule has 0 aromatic carbocycles. The Morgan fingerprint density at radius 3 is 2.91 bits per heavy atom. The lowest BCUT2D eigenvalue weighted by Gasteiger charge is -2.10. The van der Waals surface area contributed by atoms with E-state index in [2.05, 4.69) is 11.6 Å². The zero-order valence-electron chi connectivity index (χ0n) is 7.14. The molecule has 1 rings (SSSR count). The second-order valence-electron chi connectivity index (χ2n) is 3.00. The first-order valence-electron chi connectivity index (χ1n) is 4.13. The third-order valence-electron chi connectivity index (χ3n) is 2.10. The molecule has 0 aliphatic carbocycles. The first-order chi connectivity index (χ1) is 4.93. The van der Waals surface area contributed by atoms with Gasteiger partial charge in [-0.1, -0.05) is 0 Å². The minimum atomic E-state index is 0. The fourth-order valence-corrected chi connectivity index (χ4v) is 2.30. The molecular formula is C8H18ClNS. The van der Waals surface area contributed by atoms with E-state index in [1.54, 1.807) is 0 Å². The van der Waals surface area contributed by atoms with Gasteiger partial charge in [0.25, 0.3) is 0 Å². The van der Waals surface area contributed by atoms with Crippen LogP contribution in [0.1, 0.15) is 19.3 Å². The van der Waals surface area contributed by atoms with Crippen molar-refractivity contribution in [1.82, 2.24) is 5.32 Å². The van der Waals surface area contributed by atoms with Crippen molar-refractivity contribution in [3.05, 3.63) is 0 Å². The average Bonchev–Trinajstić information content (AvgIpc) is 2.17. The van der Waals surface area contributed by atoms with E-state index >= 15 is 0 Å². The van der Waals surface area contributed by atoms with Crippen LogP contribution in [-0.4, -0.2) is 25.1 Å². The molecule has 1 atom stereocenters. The molecule has 1 aliphatic rings. The summed E-state index contributed by atoms with van der Waals surface area (Å²) in [5.41, 5.74) is 0. The van der Waals surface area contributed by atoms with Gasteiger partial charge in [-0.15, -0.1) is 12.4 Å². The van der Waals surface area contributed by atoms with Gasteiger partial charge in [-0.3, -0.25) is 0 Å². The van der Waals surface area contributed by atoms with Gasteiger partial charge in [-0.25, -0.2) is 0 Å². The van der Waals surface area contributed by atoms with Gasteiger partial charge >= 0.3 is 0 Å². The lowest BCUT2D eigenvalue weighted by Crippen LogP contribution is -2.14. The molecule has 11 heavy (non-hydrogen) atoms. The molecule has 0 amide bonds. The van der Waals surface area contributed by atoms with Crippen LogP contribution in [0, 0.1) is 5.92 Å². The molecular weight excluding hydrogens is 178 g/mol. The highest BCUT2D eigenvalue weighted by atomic mass is 35.5. The highest BCUT2D eigenvalue weighted by molar-refractivity contribution is 7.98. The molecule has 1 heterocycles. The van der Waals surface area contributed by atoms with E-state index in [0.29, 0.717) is 0 Å². The van der Waals surface area contributed by atoms with Gasteiger partial charge in [-0.05, 0) is 50.3 Å². The monoisotopic (exact) mass is 195 g/mol. The van der Waals surface area contributed by atoms with Crippen LogP contribution in [0.15, 0.2) is 0 Å². The fourth-order valence-electron chi connectivity index (χ4n) is 1.49. The van der Waals surface area contributed by atoms with Gasteiger partial charge in [0.15, 0.2) is 0 Å². The lowest BCUT2D eigenvalue weighted by molar-refractivity contribution is 0.528. The normalized spacial score (nSPS) is 25.4. The van der Waals surface area contributed by atoms with Crippen LogP contribution >= 0.6 is 24.2 Å². The Labute approximate surface area is 80.1 Å². The molecule has 1 aliphatic heterocycles.